The third-order valence-electron chi connectivity index (χ3n) is 5.23. The lowest BCUT2D eigenvalue weighted by Crippen LogP contribution is -2.43. The predicted molar refractivity (Wildman–Crippen MR) is 110 cm³/mol. The first-order valence-electron chi connectivity index (χ1n) is 9.76. The Balaban J connectivity index is 1.81. The van der Waals surface area contributed by atoms with E-state index in [2.05, 4.69) is 4.98 Å². The molecule has 2 aromatic rings. The molecule has 1 atom stereocenters. The van der Waals surface area contributed by atoms with Gasteiger partial charge in [0.1, 0.15) is 11.7 Å². The van der Waals surface area contributed by atoms with Gasteiger partial charge >= 0.3 is 5.97 Å². The van der Waals surface area contributed by atoms with Gasteiger partial charge in [0, 0.05) is 25.0 Å². The van der Waals surface area contributed by atoms with Crippen LogP contribution in [0.4, 0.5) is 5.69 Å². The summed E-state index contributed by atoms with van der Waals surface area (Å²) >= 11 is 0. The fourth-order valence-electron chi connectivity index (χ4n) is 3.75. The molecular formula is C22H27N3O4. The molecule has 1 saturated heterocycles. The second-order valence-corrected chi connectivity index (χ2v) is 7.63. The van der Waals surface area contributed by atoms with E-state index in [9.17, 15) is 14.4 Å². The molecule has 1 aromatic heterocycles. The zero-order valence-electron chi connectivity index (χ0n) is 17.5. The maximum absolute atomic E-state index is 13.1. The highest BCUT2D eigenvalue weighted by Gasteiger charge is 2.38. The molecule has 7 heteroatoms. The maximum Gasteiger partial charge on any atom is 0.340 e. The van der Waals surface area contributed by atoms with Crippen molar-refractivity contribution in [2.45, 2.75) is 46.3 Å². The van der Waals surface area contributed by atoms with E-state index in [1.54, 1.807) is 39.6 Å². The topological polar surface area (TPSA) is 82.7 Å². The highest BCUT2D eigenvalue weighted by molar-refractivity contribution is 6.05. The van der Waals surface area contributed by atoms with E-state index < -0.39 is 12.0 Å². The number of likely N-dealkylation sites (N-methyl/N-ethyl adjacent to an activating group) is 1. The molecule has 3 rings (SSSR count). The summed E-state index contributed by atoms with van der Waals surface area (Å²) in [6.07, 6.45) is 0.301. The Bertz CT molecular complexity index is 933. The number of ether oxygens (including phenoxy) is 1. The second kappa shape index (κ2) is 8.11. The average molecular weight is 397 g/mol. The molecule has 1 aromatic carbocycles. The molecule has 0 saturated carbocycles. The number of anilines is 1. The Kier molecular flexibility index (Phi) is 5.77. The zero-order valence-corrected chi connectivity index (χ0v) is 17.5. The highest BCUT2D eigenvalue weighted by atomic mass is 16.5. The van der Waals surface area contributed by atoms with Crippen LogP contribution in [0.1, 0.15) is 52.4 Å². The number of hydrogen-bond donors (Lipinski definition) is 1. The van der Waals surface area contributed by atoms with Crippen LogP contribution >= 0.6 is 0 Å². The minimum atomic E-state index is -0.545. The van der Waals surface area contributed by atoms with Gasteiger partial charge in [-0.15, -0.1) is 0 Å². The molecule has 0 bridgehead atoms. The monoisotopic (exact) mass is 397 g/mol. The minimum absolute atomic E-state index is 0.104. The number of aromatic amines is 1. The summed E-state index contributed by atoms with van der Waals surface area (Å²) in [6.45, 7) is 7.56. The Morgan fingerprint density at radius 1 is 1.21 bits per heavy atom. The second-order valence-electron chi connectivity index (χ2n) is 7.63. The number of esters is 1. The van der Waals surface area contributed by atoms with Crippen molar-refractivity contribution < 1.29 is 19.1 Å². The SMILES string of the molecule is Cc1[nH]c(C(=O)N(C)C2CCN(c3ccccc3)C2=O)c(C)c1C(=O)OC(C)C. The first-order valence-corrected chi connectivity index (χ1v) is 9.76. The van der Waals surface area contributed by atoms with Gasteiger partial charge in [0.25, 0.3) is 5.91 Å². The molecule has 2 heterocycles. The summed E-state index contributed by atoms with van der Waals surface area (Å²) < 4.78 is 5.29. The molecule has 0 spiro atoms. The van der Waals surface area contributed by atoms with Crippen LogP contribution in [0.5, 0.6) is 0 Å². The molecule has 0 radical (unpaired) electrons. The van der Waals surface area contributed by atoms with Gasteiger partial charge in [-0.1, -0.05) is 18.2 Å². The van der Waals surface area contributed by atoms with Crippen molar-refractivity contribution in [2.24, 2.45) is 0 Å². The Hall–Kier alpha value is -3.09. The highest BCUT2D eigenvalue weighted by Crippen LogP contribution is 2.26. The van der Waals surface area contributed by atoms with Crippen molar-refractivity contribution in [2.75, 3.05) is 18.5 Å². The van der Waals surface area contributed by atoms with Crippen LogP contribution < -0.4 is 4.90 Å². The smallest absolute Gasteiger partial charge is 0.340 e. The molecular weight excluding hydrogens is 370 g/mol. The molecule has 1 unspecified atom stereocenters. The van der Waals surface area contributed by atoms with Crippen molar-refractivity contribution in [1.82, 2.24) is 9.88 Å². The van der Waals surface area contributed by atoms with Crippen LogP contribution in [0.2, 0.25) is 0 Å². The van der Waals surface area contributed by atoms with Crippen molar-refractivity contribution in [3.05, 3.63) is 52.8 Å². The third-order valence-corrected chi connectivity index (χ3v) is 5.23. The van der Waals surface area contributed by atoms with Gasteiger partial charge in [-0.2, -0.15) is 0 Å². The number of aryl methyl sites for hydroxylation is 1. The van der Waals surface area contributed by atoms with Crippen molar-refractivity contribution in [3.63, 3.8) is 0 Å². The molecule has 1 aliphatic rings. The third kappa shape index (κ3) is 3.90. The van der Waals surface area contributed by atoms with Gasteiger partial charge in [0.15, 0.2) is 0 Å². The van der Waals surface area contributed by atoms with Gasteiger partial charge in [-0.05, 0) is 51.8 Å². The van der Waals surface area contributed by atoms with Crippen LogP contribution in [0.15, 0.2) is 30.3 Å². The first-order chi connectivity index (χ1) is 13.7. The number of aromatic nitrogens is 1. The first kappa shape index (κ1) is 20.6. The summed E-state index contributed by atoms with van der Waals surface area (Å²) in [5.74, 6) is -0.880. The standard InChI is InChI=1S/C22H27N3O4/c1-13(2)29-22(28)18-14(3)19(23-15(18)4)21(27)24(5)17-11-12-25(20(17)26)16-9-7-6-8-10-16/h6-10,13,17,23H,11-12H2,1-5H3. The molecule has 0 aliphatic carbocycles. The van der Waals surface area contributed by atoms with Crippen LogP contribution in [0, 0.1) is 13.8 Å². The lowest BCUT2D eigenvalue weighted by molar-refractivity contribution is -0.120. The number of amides is 2. The number of hydrogen-bond acceptors (Lipinski definition) is 4. The van der Waals surface area contributed by atoms with Crippen molar-refractivity contribution in [1.29, 1.82) is 0 Å². The number of para-hydroxylation sites is 1. The van der Waals surface area contributed by atoms with Gasteiger partial charge in [0.05, 0.1) is 11.7 Å². The largest absolute Gasteiger partial charge is 0.459 e. The molecule has 154 valence electrons. The predicted octanol–water partition coefficient (Wildman–Crippen LogP) is 3.07. The Morgan fingerprint density at radius 2 is 1.86 bits per heavy atom. The van der Waals surface area contributed by atoms with Gasteiger partial charge in [-0.3, -0.25) is 9.59 Å². The van der Waals surface area contributed by atoms with Crippen LogP contribution in [-0.4, -0.2) is 53.4 Å². The van der Waals surface area contributed by atoms with E-state index in [1.807, 2.05) is 30.3 Å². The fraction of sp³-hybridized carbons (Fsp3) is 0.409. The number of rotatable bonds is 5. The van der Waals surface area contributed by atoms with E-state index in [4.69, 9.17) is 4.74 Å². The van der Waals surface area contributed by atoms with E-state index in [-0.39, 0.29) is 17.9 Å². The fourth-order valence-corrected chi connectivity index (χ4v) is 3.75. The lowest BCUT2D eigenvalue weighted by atomic mass is 10.1. The number of benzene rings is 1. The van der Waals surface area contributed by atoms with Gasteiger partial charge in [0.2, 0.25) is 5.91 Å². The molecule has 29 heavy (non-hydrogen) atoms. The maximum atomic E-state index is 13.1. The molecule has 1 fully saturated rings. The zero-order chi connectivity index (χ0) is 21.3. The molecule has 1 N–H and O–H groups in total. The van der Waals surface area contributed by atoms with Crippen LogP contribution in [0.25, 0.3) is 0 Å². The Morgan fingerprint density at radius 3 is 2.48 bits per heavy atom. The number of nitrogens with zero attached hydrogens (tertiary/aromatic N) is 2. The van der Waals surface area contributed by atoms with Crippen LogP contribution in [0.3, 0.4) is 0 Å². The summed E-state index contributed by atoms with van der Waals surface area (Å²) in [5.41, 5.74) is 2.63. The van der Waals surface area contributed by atoms with E-state index in [0.29, 0.717) is 35.5 Å². The molecule has 7 nitrogen and oxygen atoms in total. The van der Waals surface area contributed by atoms with Gasteiger partial charge in [-0.25, -0.2) is 4.79 Å². The van der Waals surface area contributed by atoms with E-state index >= 15 is 0 Å². The molecule has 2 amide bonds. The summed E-state index contributed by atoms with van der Waals surface area (Å²) in [7, 11) is 1.63. The summed E-state index contributed by atoms with van der Waals surface area (Å²) in [5, 5.41) is 0. The van der Waals surface area contributed by atoms with Crippen LogP contribution in [-0.2, 0) is 9.53 Å². The number of nitrogens with one attached hydrogen (secondary N) is 1. The lowest BCUT2D eigenvalue weighted by Gasteiger charge is -2.24. The average Bonchev–Trinajstić information content (AvgIpc) is 3.20. The normalized spacial score (nSPS) is 16.4. The van der Waals surface area contributed by atoms with Crippen molar-refractivity contribution in [3.8, 4) is 0 Å². The van der Waals surface area contributed by atoms with E-state index in [0.717, 1.165) is 5.69 Å². The molecule has 1 aliphatic heterocycles. The Labute approximate surface area is 170 Å². The number of carbonyl (C=O) groups is 3. The van der Waals surface area contributed by atoms with Gasteiger partial charge < -0.3 is 19.5 Å². The summed E-state index contributed by atoms with van der Waals surface area (Å²) in [6, 6.07) is 8.88. The van der Waals surface area contributed by atoms with E-state index in [1.165, 1.54) is 4.90 Å². The minimum Gasteiger partial charge on any atom is -0.459 e. The quantitative estimate of drug-likeness (QED) is 0.786. The van der Waals surface area contributed by atoms with Crippen molar-refractivity contribution >= 4 is 23.5 Å². The summed E-state index contributed by atoms with van der Waals surface area (Å²) in [4.78, 5) is 44.6. The number of H-pyrrole nitrogens is 1. The number of carbonyl (C=O) groups excluding carboxylic acids is 3.